The van der Waals surface area contributed by atoms with Crippen LogP contribution in [0.4, 0.5) is 23.7 Å². The molecule has 2 heterocycles. The summed E-state index contributed by atoms with van der Waals surface area (Å²) in [4.78, 5) is 30.9. The Labute approximate surface area is 205 Å². The molecule has 0 atom stereocenters. The third-order valence-corrected chi connectivity index (χ3v) is 5.30. The fraction of sp³-hybridized carbons (Fsp3) is 0.391. The highest BCUT2D eigenvalue weighted by Gasteiger charge is 2.33. The largest absolute Gasteiger partial charge is 0.416 e. The summed E-state index contributed by atoms with van der Waals surface area (Å²) in [7, 11) is 0. The van der Waals surface area contributed by atoms with Gasteiger partial charge in [0.1, 0.15) is 6.54 Å². The third kappa shape index (κ3) is 7.93. The van der Waals surface area contributed by atoms with Gasteiger partial charge in [-0.25, -0.2) is 9.80 Å². The highest BCUT2D eigenvalue weighted by Crippen LogP contribution is 2.31. The van der Waals surface area contributed by atoms with Crippen LogP contribution in [0.15, 0.2) is 58.2 Å². The molecular formula is C23H25ClF3N5O3. The smallest absolute Gasteiger partial charge is 0.381 e. The number of allylic oxidation sites excluding steroid dienone is 2. The number of hydrogen-bond acceptors (Lipinski definition) is 5. The van der Waals surface area contributed by atoms with Crippen molar-refractivity contribution in [2.45, 2.75) is 31.5 Å². The number of carbonyl (C=O) groups is 2. The average molecular weight is 512 g/mol. The molecule has 0 aromatic heterocycles. The molecule has 2 aliphatic rings. The molecule has 0 unspecified atom stereocenters. The number of carbonyl (C=O) groups excluding carboxylic acids is 2. The molecule has 0 aliphatic carbocycles. The van der Waals surface area contributed by atoms with E-state index in [0.717, 1.165) is 17.1 Å². The van der Waals surface area contributed by atoms with Gasteiger partial charge in [0.05, 0.1) is 22.9 Å². The van der Waals surface area contributed by atoms with Gasteiger partial charge in [0.2, 0.25) is 5.91 Å². The molecule has 2 aliphatic heterocycles. The second-order valence-corrected chi connectivity index (χ2v) is 8.39. The van der Waals surface area contributed by atoms with E-state index in [9.17, 15) is 22.8 Å². The molecule has 0 radical (unpaired) electrons. The van der Waals surface area contributed by atoms with Crippen molar-refractivity contribution in [3.63, 3.8) is 0 Å². The van der Waals surface area contributed by atoms with Crippen LogP contribution < -0.4 is 10.2 Å². The second kappa shape index (κ2) is 12.0. The zero-order chi connectivity index (χ0) is 25.4. The first-order valence-corrected chi connectivity index (χ1v) is 11.2. The molecular weight excluding hydrogens is 487 g/mol. The number of ether oxygens (including phenoxy) is 1. The number of benzene rings is 1. The van der Waals surface area contributed by atoms with E-state index in [4.69, 9.17) is 16.3 Å². The normalized spacial score (nSPS) is 17.8. The van der Waals surface area contributed by atoms with Crippen LogP contribution in [-0.2, 0) is 15.7 Å². The molecule has 1 fully saturated rings. The quantitative estimate of drug-likeness (QED) is 0.527. The predicted octanol–water partition coefficient (Wildman–Crippen LogP) is 4.33. The number of aliphatic imine (C=N–C) groups is 1. The second-order valence-electron chi connectivity index (χ2n) is 7.91. The highest BCUT2D eigenvalue weighted by molar-refractivity contribution is 6.38. The molecule has 3 amide bonds. The number of hydrogen-bond donors (Lipinski definition) is 1. The Balaban J connectivity index is 1.77. The number of alkyl halides is 3. The van der Waals surface area contributed by atoms with Gasteiger partial charge in [-0.3, -0.25) is 14.7 Å². The molecule has 8 nitrogen and oxygen atoms in total. The maximum absolute atomic E-state index is 13.1. The zero-order valence-corrected chi connectivity index (χ0v) is 19.6. The first kappa shape index (κ1) is 26.4. The summed E-state index contributed by atoms with van der Waals surface area (Å²) in [5, 5.41) is 8.45. The maximum Gasteiger partial charge on any atom is 0.416 e. The van der Waals surface area contributed by atoms with Gasteiger partial charge >= 0.3 is 12.2 Å². The van der Waals surface area contributed by atoms with Gasteiger partial charge in [0.25, 0.3) is 0 Å². The molecule has 0 spiro atoms. The standard InChI is InChI=1S/C23H25ClF3N5O3/c1-16(24)13-28-10-2-3-19-14-31(20-6-4-17(5-7-20)23(25,26)27)22(34)32(30-19)15-21(33)29-18-8-11-35-12-9-18/h2,4-7,10,13,18H,1,3,8-9,11-12,14-15H2,(H,29,33)/b10-2-,28-13?. The van der Waals surface area contributed by atoms with E-state index < -0.39 is 17.8 Å². The summed E-state index contributed by atoms with van der Waals surface area (Å²) in [5.41, 5.74) is -0.0563. The van der Waals surface area contributed by atoms with Gasteiger partial charge in [-0.2, -0.15) is 18.3 Å². The van der Waals surface area contributed by atoms with E-state index in [-0.39, 0.29) is 42.2 Å². The summed E-state index contributed by atoms with van der Waals surface area (Å²) in [5.74, 6) is -0.386. The van der Waals surface area contributed by atoms with Crippen LogP contribution in [0.5, 0.6) is 0 Å². The van der Waals surface area contributed by atoms with Crippen molar-refractivity contribution in [3.8, 4) is 0 Å². The van der Waals surface area contributed by atoms with Crippen molar-refractivity contribution >= 4 is 41.2 Å². The predicted molar refractivity (Wildman–Crippen MR) is 128 cm³/mol. The van der Waals surface area contributed by atoms with Gasteiger partial charge in [0, 0.05) is 43.8 Å². The summed E-state index contributed by atoms with van der Waals surface area (Å²) in [6.45, 7) is 4.29. The monoisotopic (exact) mass is 511 g/mol. The van der Waals surface area contributed by atoms with Crippen molar-refractivity contribution in [1.82, 2.24) is 10.3 Å². The van der Waals surface area contributed by atoms with Crippen molar-refractivity contribution < 1.29 is 27.5 Å². The fourth-order valence-electron chi connectivity index (χ4n) is 3.50. The Morgan fingerprint density at radius 1 is 1.29 bits per heavy atom. The average Bonchev–Trinajstić information content (AvgIpc) is 2.80. The minimum Gasteiger partial charge on any atom is -0.381 e. The Kier molecular flexibility index (Phi) is 9.05. The molecule has 12 heteroatoms. The van der Waals surface area contributed by atoms with E-state index in [0.29, 0.717) is 31.8 Å². The lowest BCUT2D eigenvalue weighted by atomic mass is 10.1. The molecule has 0 saturated carbocycles. The molecule has 1 aromatic carbocycles. The van der Waals surface area contributed by atoms with Crippen LogP contribution in [-0.4, -0.2) is 61.2 Å². The number of nitrogens with zero attached hydrogens (tertiary/aromatic N) is 4. The van der Waals surface area contributed by atoms with E-state index in [1.54, 1.807) is 6.08 Å². The van der Waals surface area contributed by atoms with Crippen molar-refractivity contribution in [2.75, 3.05) is 31.2 Å². The van der Waals surface area contributed by atoms with E-state index in [2.05, 4.69) is 22.0 Å². The van der Waals surface area contributed by atoms with E-state index in [1.165, 1.54) is 29.4 Å². The van der Waals surface area contributed by atoms with E-state index >= 15 is 0 Å². The molecule has 35 heavy (non-hydrogen) atoms. The van der Waals surface area contributed by atoms with Crippen LogP contribution in [0.2, 0.25) is 0 Å². The Morgan fingerprint density at radius 3 is 2.60 bits per heavy atom. The topological polar surface area (TPSA) is 86.6 Å². The summed E-state index contributed by atoms with van der Waals surface area (Å²) < 4.78 is 44.2. The lowest BCUT2D eigenvalue weighted by molar-refractivity contribution is -0.137. The lowest BCUT2D eigenvalue weighted by Crippen LogP contribution is -2.52. The molecule has 1 N–H and O–H groups in total. The van der Waals surface area contributed by atoms with Gasteiger partial charge in [0.15, 0.2) is 0 Å². The minimum absolute atomic E-state index is 0.0402. The van der Waals surface area contributed by atoms with Crippen LogP contribution in [0.25, 0.3) is 0 Å². The van der Waals surface area contributed by atoms with Gasteiger partial charge in [-0.05, 0) is 37.1 Å². The number of anilines is 1. The molecule has 1 aromatic rings. The van der Waals surface area contributed by atoms with Crippen LogP contribution in [0.1, 0.15) is 24.8 Å². The molecule has 1 saturated heterocycles. The first-order valence-electron chi connectivity index (χ1n) is 10.9. The zero-order valence-electron chi connectivity index (χ0n) is 18.8. The Morgan fingerprint density at radius 2 is 1.97 bits per heavy atom. The van der Waals surface area contributed by atoms with Crippen LogP contribution in [0, 0.1) is 0 Å². The summed E-state index contributed by atoms with van der Waals surface area (Å²) in [6, 6.07) is 3.58. The minimum atomic E-state index is -4.50. The van der Waals surface area contributed by atoms with E-state index in [1.807, 2.05) is 0 Å². The Bertz CT molecular complexity index is 1020. The SMILES string of the molecule is C=C(Cl)C=N/C=C\CC1=NN(CC(=O)NC2CCOCC2)C(=O)N(c2ccc(C(F)(F)F)cc2)C1. The van der Waals surface area contributed by atoms with Crippen LogP contribution in [0.3, 0.4) is 0 Å². The van der Waals surface area contributed by atoms with Gasteiger partial charge in [-0.15, -0.1) is 0 Å². The summed E-state index contributed by atoms with van der Waals surface area (Å²) >= 11 is 5.62. The molecule has 3 rings (SSSR count). The summed E-state index contributed by atoms with van der Waals surface area (Å²) in [6.07, 6.45) is 1.65. The molecule has 188 valence electrons. The third-order valence-electron chi connectivity index (χ3n) is 5.20. The first-order chi connectivity index (χ1) is 16.6. The number of amides is 3. The van der Waals surface area contributed by atoms with Gasteiger partial charge in [-0.1, -0.05) is 24.3 Å². The number of nitrogens with one attached hydrogen (secondary N) is 1. The lowest BCUT2D eigenvalue weighted by Gasteiger charge is -2.33. The number of hydrazone groups is 1. The van der Waals surface area contributed by atoms with Gasteiger partial charge < -0.3 is 10.1 Å². The Hall–Kier alpha value is -3.18. The molecule has 0 bridgehead atoms. The van der Waals surface area contributed by atoms with Crippen molar-refractivity contribution in [2.24, 2.45) is 10.1 Å². The number of halogens is 4. The number of urea groups is 1. The van der Waals surface area contributed by atoms with Crippen molar-refractivity contribution in [1.29, 1.82) is 0 Å². The van der Waals surface area contributed by atoms with Crippen LogP contribution >= 0.6 is 11.6 Å². The highest BCUT2D eigenvalue weighted by atomic mass is 35.5. The fourth-order valence-corrected chi connectivity index (χ4v) is 3.56. The number of rotatable bonds is 8. The van der Waals surface area contributed by atoms with Crippen molar-refractivity contribution in [3.05, 3.63) is 53.7 Å². The maximum atomic E-state index is 13.1.